The maximum atomic E-state index is 10.7. The number of amides is 1. The summed E-state index contributed by atoms with van der Waals surface area (Å²) in [6, 6.07) is 0. The van der Waals surface area contributed by atoms with Gasteiger partial charge in [0.15, 0.2) is 0 Å². The van der Waals surface area contributed by atoms with Gasteiger partial charge in [0, 0.05) is 5.54 Å². The van der Waals surface area contributed by atoms with Crippen molar-refractivity contribution in [2.75, 3.05) is 7.11 Å². The number of hydrogen-bond acceptors (Lipinski definition) is 2. The molecule has 1 aliphatic rings. The average molecular weight is 143 g/mol. The third-order valence-electron chi connectivity index (χ3n) is 2.23. The van der Waals surface area contributed by atoms with Crippen LogP contribution in [0.25, 0.3) is 0 Å². The molecule has 0 aromatic carbocycles. The van der Waals surface area contributed by atoms with Crippen molar-refractivity contribution in [3.05, 3.63) is 0 Å². The van der Waals surface area contributed by atoms with Crippen LogP contribution in [0.2, 0.25) is 0 Å². The van der Waals surface area contributed by atoms with Crippen LogP contribution in [0.5, 0.6) is 0 Å². The molecule has 1 N–H and O–H groups in total. The maximum absolute atomic E-state index is 10.7. The number of hydrogen-bond donors (Lipinski definition) is 1. The summed E-state index contributed by atoms with van der Waals surface area (Å²) < 4.78 is 4.46. The summed E-state index contributed by atoms with van der Waals surface area (Å²) in [7, 11) is 1.38. The standard InChI is InChI=1S/C7H13NO2/c1-5-4-7(5,2)8-6(9)10-3/h5H,4H2,1-3H3,(H,8,9)/t5-,7-/m1/s1. The first-order chi connectivity index (χ1) is 4.58. The van der Waals surface area contributed by atoms with E-state index in [9.17, 15) is 4.79 Å². The average Bonchev–Trinajstić information content (AvgIpc) is 2.40. The van der Waals surface area contributed by atoms with Crippen LogP contribution < -0.4 is 5.32 Å². The first-order valence-electron chi connectivity index (χ1n) is 3.44. The van der Waals surface area contributed by atoms with Crippen LogP contribution in [0.15, 0.2) is 0 Å². The van der Waals surface area contributed by atoms with E-state index < -0.39 is 0 Å². The molecule has 3 heteroatoms. The van der Waals surface area contributed by atoms with Crippen LogP contribution in [-0.2, 0) is 4.74 Å². The number of methoxy groups -OCH3 is 1. The van der Waals surface area contributed by atoms with E-state index in [0.717, 1.165) is 6.42 Å². The number of ether oxygens (including phenoxy) is 1. The fourth-order valence-electron chi connectivity index (χ4n) is 1.04. The van der Waals surface area contributed by atoms with Crippen molar-refractivity contribution in [1.82, 2.24) is 5.32 Å². The molecule has 3 nitrogen and oxygen atoms in total. The summed E-state index contributed by atoms with van der Waals surface area (Å²) >= 11 is 0. The number of alkyl carbamates (subject to hydrolysis) is 1. The van der Waals surface area contributed by atoms with E-state index in [2.05, 4.69) is 17.0 Å². The SMILES string of the molecule is COC(=O)N[C@]1(C)C[C@H]1C. The first kappa shape index (κ1) is 7.38. The lowest BCUT2D eigenvalue weighted by atomic mass is 10.3. The Morgan fingerprint density at radius 3 is 2.60 bits per heavy atom. The lowest BCUT2D eigenvalue weighted by Crippen LogP contribution is -2.35. The molecule has 0 heterocycles. The molecule has 0 aromatic rings. The van der Waals surface area contributed by atoms with Crippen molar-refractivity contribution < 1.29 is 9.53 Å². The van der Waals surface area contributed by atoms with Gasteiger partial charge in [0.1, 0.15) is 0 Å². The van der Waals surface area contributed by atoms with Gasteiger partial charge in [-0.2, -0.15) is 0 Å². The van der Waals surface area contributed by atoms with E-state index in [0.29, 0.717) is 5.92 Å². The molecule has 1 fully saturated rings. The van der Waals surface area contributed by atoms with E-state index in [1.165, 1.54) is 7.11 Å². The molecule has 10 heavy (non-hydrogen) atoms. The number of nitrogens with one attached hydrogen (secondary N) is 1. The normalized spacial score (nSPS) is 36.9. The number of rotatable bonds is 1. The van der Waals surface area contributed by atoms with Gasteiger partial charge in [-0.15, -0.1) is 0 Å². The smallest absolute Gasteiger partial charge is 0.407 e. The molecule has 2 atom stereocenters. The highest BCUT2D eigenvalue weighted by Crippen LogP contribution is 2.42. The van der Waals surface area contributed by atoms with E-state index >= 15 is 0 Å². The molecule has 0 bridgehead atoms. The lowest BCUT2D eigenvalue weighted by Gasteiger charge is -2.10. The predicted molar refractivity (Wildman–Crippen MR) is 37.7 cm³/mol. The largest absolute Gasteiger partial charge is 0.453 e. The molecular weight excluding hydrogens is 130 g/mol. The molecular formula is C7H13NO2. The van der Waals surface area contributed by atoms with E-state index in [-0.39, 0.29) is 11.6 Å². The van der Waals surface area contributed by atoms with Crippen molar-refractivity contribution in [2.45, 2.75) is 25.8 Å². The minimum Gasteiger partial charge on any atom is -0.453 e. The Labute approximate surface area is 60.7 Å². The lowest BCUT2D eigenvalue weighted by molar-refractivity contribution is 0.165. The zero-order valence-electron chi connectivity index (χ0n) is 6.60. The molecule has 1 amide bonds. The van der Waals surface area contributed by atoms with Crippen molar-refractivity contribution in [3.63, 3.8) is 0 Å². The van der Waals surface area contributed by atoms with Crippen LogP contribution in [0.1, 0.15) is 20.3 Å². The molecule has 1 aliphatic carbocycles. The van der Waals surface area contributed by atoms with Crippen LogP contribution >= 0.6 is 0 Å². The minimum absolute atomic E-state index is 0.00704. The van der Waals surface area contributed by atoms with Crippen LogP contribution in [-0.4, -0.2) is 18.7 Å². The highest BCUT2D eigenvalue weighted by molar-refractivity contribution is 5.68. The van der Waals surface area contributed by atoms with Gasteiger partial charge in [-0.3, -0.25) is 0 Å². The summed E-state index contributed by atoms with van der Waals surface area (Å²) in [5.74, 6) is 0.589. The minimum atomic E-state index is -0.327. The molecule has 0 unspecified atom stereocenters. The summed E-state index contributed by atoms with van der Waals surface area (Å²) in [6.07, 6.45) is 0.731. The topological polar surface area (TPSA) is 38.3 Å². The number of carbonyl (C=O) groups is 1. The predicted octanol–water partition coefficient (Wildman–Crippen LogP) is 1.14. The first-order valence-corrected chi connectivity index (χ1v) is 3.44. The summed E-state index contributed by atoms with van der Waals surface area (Å²) in [6.45, 7) is 4.13. The van der Waals surface area contributed by atoms with Crippen molar-refractivity contribution >= 4 is 6.09 Å². The van der Waals surface area contributed by atoms with Crippen molar-refractivity contribution in [3.8, 4) is 0 Å². The Morgan fingerprint density at radius 1 is 1.80 bits per heavy atom. The van der Waals surface area contributed by atoms with Crippen LogP contribution in [0.4, 0.5) is 4.79 Å². The maximum Gasteiger partial charge on any atom is 0.407 e. The quantitative estimate of drug-likeness (QED) is 0.597. The van der Waals surface area contributed by atoms with Gasteiger partial charge < -0.3 is 10.1 Å². The van der Waals surface area contributed by atoms with Gasteiger partial charge in [0.2, 0.25) is 0 Å². The van der Waals surface area contributed by atoms with Crippen molar-refractivity contribution in [1.29, 1.82) is 0 Å². The Balaban J connectivity index is 2.33. The third-order valence-corrected chi connectivity index (χ3v) is 2.23. The second-order valence-corrected chi connectivity index (χ2v) is 3.14. The highest BCUT2D eigenvalue weighted by atomic mass is 16.5. The fraction of sp³-hybridized carbons (Fsp3) is 0.857. The van der Waals surface area contributed by atoms with E-state index in [1.807, 2.05) is 6.92 Å². The fourth-order valence-corrected chi connectivity index (χ4v) is 1.04. The summed E-state index contributed by atoms with van der Waals surface area (Å²) in [5.41, 5.74) is 0.00704. The van der Waals surface area contributed by atoms with Gasteiger partial charge in [-0.1, -0.05) is 6.92 Å². The Bertz CT molecular complexity index is 158. The summed E-state index contributed by atoms with van der Waals surface area (Å²) in [4.78, 5) is 10.7. The molecule has 0 radical (unpaired) electrons. The Morgan fingerprint density at radius 2 is 2.30 bits per heavy atom. The molecule has 0 aliphatic heterocycles. The van der Waals surface area contributed by atoms with Gasteiger partial charge in [-0.05, 0) is 19.3 Å². The Hall–Kier alpha value is -0.730. The van der Waals surface area contributed by atoms with E-state index in [4.69, 9.17) is 0 Å². The second-order valence-electron chi connectivity index (χ2n) is 3.14. The van der Waals surface area contributed by atoms with Crippen LogP contribution in [0, 0.1) is 5.92 Å². The third kappa shape index (κ3) is 1.23. The molecule has 0 aromatic heterocycles. The van der Waals surface area contributed by atoms with Gasteiger partial charge in [0.05, 0.1) is 7.11 Å². The molecule has 58 valence electrons. The van der Waals surface area contributed by atoms with Crippen LogP contribution in [0.3, 0.4) is 0 Å². The van der Waals surface area contributed by atoms with E-state index in [1.54, 1.807) is 0 Å². The van der Waals surface area contributed by atoms with Crippen molar-refractivity contribution in [2.24, 2.45) is 5.92 Å². The number of carbonyl (C=O) groups excluding carboxylic acids is 1. The van der Waals surface area contributed by atoms with Gasteiger partial charge >= 0.3 is 6.09 Å². The monoisotopic (exact) mass is 143 g/mol. The Kier molecular flexibility index (Phi) is 1.58. The molecule has 0 spiro atoms. The highest BCUT2D eigenvalue weighted by Gasteiger charge is 2.48. The summed E-state index contributed by atoms with van der Waals surface area (Å²) in [5, 5.41) is 2.77. The second kappa shape index (κ2) is 2.15. The zero-order valence-corrected chi connectivity index (χ0v) is 6.60. The molecule has 1 saturated carbocycles. The van der Waals surface area contributed by atoms with Gasteiger partial charge in [-0.25, -0.2) is 4.79 Å². The van der Waals surface area contributed by atoms with Gasteiger partial charge in [0.25, 0.3) is 0 Å². The molecule has 1 rings (SSSR count). The zero-order chi connectivity index (χ0) is 7.78. The molecule has 0 saturated heterocycles.